The molecule has 27 heavy (non-hydrogen) atoms. The van der Waals surface area contributed by atoms with Gasteiger partial charge >= 0.3 is 0 Å². The van der Waals surface area contributed by atoms with Gasteiger partial charge in [-0.15, -0.1) is 5.10 Å². The van der Waals surface area contributed by atoms with Crippen molar-refractivity contribution in [2.75, 3.05) is 25.5 Å². The lowest BCUT2D eigenvalue weighted by atomic mass is 10.0. The monoisotopic (exact) mass is 370 g/mol. The lowest BCUT2D eigenvalue weighted by molar-refractivity contribution is 0.157. The van der Waals surface area contributed by atoms with Gasteiger partial charge in [-0.25, -0.2) is 13.9 Å². The average Bonchev–Trinajstić information content (AvgIpc) is 2.99. The van der Waals surface area contributed by atoms with Gasteiger partial charge in [0, 0.05) is 24.8 Å². The molecule has 0 spiro atoms. The maximum Gasteiger partial charge on any atom is 0.254 e. The predicted octanol–water partition coefficient (Wildman–Crippen LogP) is 2.57. The van der Waals surface area contributed by atoms with Gasteiger partial charge in [-0.3, -0.25) is 0 Å². The predicted molar refractivity (Wildman–Crippen MR) is 102 cm³/mol. The van der Waals surface area contributed by atoms with Crippen molar-refractivity contribution in [2.24, 2.45) is 0 Å². The summed E-state index contributed by atoms with van der Waals surface area (Å²) in [6.07, 6.45) is 1.31. The molecule has 0 radical (unpaired) electrons. The average molecular weight is 370 g/mol. The summed E-state index contributed by atoms with van der Waals surface area (Å²) in [5.41, 5.74) is 3.23. The smallest absolute Gasteiger partial charge is 0.254 e. The lowest BCUT2D eigenvalue weighted by Crippen LogP contribution is -2.47. The molecule has 1 fully saturated rings. The van der Waals surface area contributed by atoms with E-state index in [1.807, 2.05) is 27.0 Å². The third-order valence-electron chi connectivity index (χ3n) is 4.97. The molecule has 0 bridgehead atoms. The number of aryl methyl sites for hydroxylation is 2. The van der Waals surface area contributed by atoms with E-state index in [0.29, 0.717) is 35.9 Å². The number of likely N-dealkylation sites (tertiary alicyclic amines) is 1. The molecule has 4 rings (SSSR count). The van der Waals surface area contributed by atoms with Crippen molar-refractivity contribution in [2.45, 2.75) is 32.5 Å². The zero-order valence-corrected chi connectivity index (χ0v) is 15.6. The van der Waals surface area contributed by atoms with E-state index < -0.39 is 6.17 Å². The highest BCUT2D eigenvalue weighted by Gasteiger charge is 2.28. The number of phenolic OH excluding ortho intramolecular Hbond substituents is 1. The number of likely N-dealkylation sites (N-methyl/N-ethyl adjacent to an activating group) is 1. The molecule has 1 saturated heterocycles. The Morgan fingerprint density at radius 1 is 1.26 bits per heavy atom. The van der Waals surface area contributed by atoms with Gasteiger partial charge in [0.05, 0.1) is 11.7 Å². The Hall–Kier alpha value is -2.74. The topological polar surface area (TPSA) is 78.6 Å². The molecule has 7 nitrogen and oxygen atoms in total. The van der Waals surface area contributed by atoms with Crippen LogP contribution in [0.5, 0.6) is 5.75 Å². The van der Waals surface area contributed by atoms with Crippen molar-refractivity contribution in [3.8, 4) is 17.0 Å². The van der Waals surface area contributed by atoms with Crippen molar-refractivity contribution in [1.29, 1.82) is 0 Å². The zero-order valence-electron chi connectivity index (χ0n) is 15.6. The van der Waals surface area contributed by atoms with Crippen LogP contribution in [-0.4, -0.2) is 61.9 Å². The molecule has 142 valence electrons. The minimum absolute atomic E-state index is 0.188. The number of nitrogens with one attached hydrogen (secondary N) is 1. The Labute approximate surface area is 156 Å². The first kappa shape index (κ1) is 17.7. The van der Waals surface area contributed by atoms with E-state index in [4.69, 9.17) is 0 Å². The molecule has 8 heteroatoms. The van der Waals surface area contributed by atoms with Crippen molar-refractivity contribution in [1.82, 2.24) is 24.5 Å². The number of aromatic nitrogens is 4. The molecular formula is C19H23FN6O. The van der Waals surface area contributed by atoms with E-state index in [1.165, 1.54) is 0 Å². The van der Waals surface area contributed by atoms with Gasteiger partial charge in [0.1, 0.15) is 11.9 Å². The maximum atomic E-state index is 14.2. The van der Waals surface area contributed by atoms with Gasteiger partial charge in [-0.1, -0.05) is 6.07 Å². The van der Waals surface area contributed by atoms with Crippen molar-refractivity contribution in [3.63, 3.8) is 0 Å². The summed E-state index contributed by atoms with van der Waals surface area (Å²) >= 11 is 0. The summed E-state index contributed by atoms with van der Waals surface area (Å²) < 4.78 is 15.7. The SMILES string of the molecule is Cc1cc(C)c(-c2ccn3nc(N[C@H]4CN(C)CC[C@H]4F)nc3n2)c(O)c1. The largest absolute Gasteiger partial charge is 0.507 e. The Balaban J connectivity index is 1.65. The Morgan fingerprint density at radius 2 is 2.07 bits per heavy atom. The number of alkyl halides is 1. The number of aromatic hydroxyl groups is 1. The normalized spacial score (nSPS) is 20.9. The van der Waals surface area contributed by atoms with Crippen molar-refractivity contribution >= 4 is 11.7 Å². The Bertz CT molecular complexity index is 964. The van der Waals surface area contributed by atoms with E-state index in [-0.39, 0.29) is 11.8 Å². The van der Waals surface area contributed by atoms with E-state index >= 15 is 0 Å². The quantitative estimate of drug-likeness (QED) is 0.738. The highest BCUT2D eigenvalue weighted by Crippen LogP contribution is 2.32. The van der Waals surface area contributed by atoms with Gasteiger partial charge in [0.2, 0.25) is 5.95 Å². The summed E-state index contributed by atoms with van der Waals surface area (Å²) in [5.74, 6) is 0.939. The summed E-state index contributed by atoms with van der Waals surface area (Å²) in [7, 11) is 1.97. The molecule has 0 saturated carbocycles. The van der Waals surface area contributed by atoms with Crippen LogP contribution in [-0.2, 0) is 0 Å². The van der Waals surface area contributed by atoms with E-state index in [2.05, 4.69) is 25.3 Å². The number of hydrogen-bond acceptors (Lipinski definition) is 6. The molecule has 1 aliphatic rings. The molecule has 0 aliphatic carbocycles. The molecule has 1 aromatic carbocycles. The second-order valence-electron chi connectivity index (χ2n) is 7.29. The van der Waals surface area contributed by atoms with Gasteiger partial charge in [0.15, 0.2) is 0 Å². The molecule has 3 heterocycles. The van der Waals surface area contributed by atoms with Gasteiger partial charge in [0.25, 0.3) is 5.78 Å². The molecular weight excluding hydrogens is 347 g/mol. The zero-order chi connectivity index (χ0) is 19.1. The van der Waals surface area contributed by atoms with Crippen LogP contribution in [0, 0.1) is 13.8 Å². The molecule has 0 amide bonds. The van der Waals surface area contributed by atoms with Crippen LogP contribution in [0.15, 0.2) is 24.4 Å². The molecule has 2 aromatic heterocycles. The molecule has 3 aromatic rings. The van der Waals surface area contributed by atoms with Crippen LogP contribution in [0.25, 0.3) is 17.0 Å². The van der Waals surface area contributed by atoms with Crippen molar-refractivity contribution in [3.05, 3.63) is 35.5 Å². The maximum absolute atomic E-state index is 14.2. The second kappa shape index (κ2) is 6.77. The number of fused-ring (bicyclic) bond motifs is 1. The molecule has 1 aliphatic heterocycles. The second-order valence-corrected chi connectivity index (χ2v) is 7.29. The highest BCUT2D eigenvalue weighted by molar-refractivity contribution is 5.72. The first-order chi connectivity index (χ1) is 12.9. The fraction of sp³-hybridized carbons (Fsp3) is 0.421. The summed E-state index contributed by atoms with van der Waals surface area (Å²) in [6, 6.07) is 5.16. The minimum atomic E-state index is -0.927. The first-order valence-electron chi connectivity index (χ1n) is 9.04. The van der Waals surface area contributed by atoms with E-state index in [1.54, 1.807) is 22.8 Å². The van der Waals surface area contributed by atoms with Gasteiger partial charge in [-0.05, 0) is 50.6 Å². The van der Waals surface area contributed by atoms with Crippen molar-refractivity contribution < 1.29 is 9.50 Å². The van der Waals surface area contributed by atoms with E-state index in [9.17, 15) is 9.50 Å². The standard InChI is InChI=1S/C19H23FN6O/c1-11-8-12(2)17(16(27)9-11)14-5-7-26-19(22-14)23-18(24-26)21-15-10-25(3)6-4-13(15)20/h5,7-9,13,15,27H,4,6,10H2,1-3H3,(H,21,24)/t13-,15+/m1/s1. The third kappa shape index (κ3) is 3.44. The van der Waals surface area contributed by atoms with Gasteiger partial charge < -0.3 is 15.3 Å². The molecule has 0 unspecified atom stereocenters. The number of benzene rings is 1. The number of phenols is 1. The number of nitrogens with zero attached hydrogens (tertiary/aromatic N) is 5. The fourth-order valence-corrected chi connectivity index (χ4v) is 3.64. The molecule has 2 atom stereocenters. The minimum Gasteiger partial charge on any atom is -0.507 e. The summed E-state index contributed by atoms with van der Waals surface area (Å²) in [4.78, 5) is 11.0. The van der Waals surface area contributed by atoms with Crippen LogP contribution in [0.3, 0.4) is 0 Å². The number of rotatable bonds is 3. The van der Waals surface area contributed by atoms with Crippen LogP contribution in [0.1, 0.15) is 17.5 Å². The molecule has 2 N–H and O–H groups in total. The lowest BCUT2D eigenvalue weighted by Gasteiger charge is -2.32. The van der Waals surface area contributed by atoms with Crippen LogP contribution >= 0.6 is 0 Å². The summed E-state index contributed by atoms with van der Waals surface area (Å²) in [6.45, 7) is 5.23. The number of piperidine rings is 1. The number of hydrogen-bond donors (Lipinski definition) is 2. The Kier molecular flexibility index (Phi) is 4.43. The Morgan fingerprint density at radius 3 is 2.85 bits per heavy atom. The van der Waals surface area contributed by atoms with Crippen LogP contribution < -0.4 is 5.32 Å². The third-order valence-corrected chi connectivity index (χ3v) is 4.97. The summed E-state index contributed by atoms with van der Waals surface area (Å²) in [5, 5.41) is 17.8. The fourth-order valence-electron chi connectivity index (χ4n) is 3.64. The number of anilines is 1. The van der Waals surface area contributed by atoms with E-state index in [0.717, 1.165) is 17.7 Å². The van der Waals surface area contributed by atoms with Crippen LogP contribution in [0.4, 0.5) is 10.3 Å². The highest BCUT2D eigenvalue weighted by atomic mass is 19.1. The first-order valence-corrected chi connectivity index (χ1v) is 9.04. The number of halogens is 1. The van der Waals surface area contributed by atoms with Gasteiger partial charge in [-0.2, -0.15) is 4.98 Å². The van der Waals surface area contributed by atoms with Crippen LogP contribution in [0.2, 0.25) is 0 Å².